The van der Waals surface area contributed by atoms with Crippen LogP contribution in [0.15, 0.2) is 70.4 Å². The molecule has 0 aliphatic carbocycles. The van der Waals surface area contributed by atoms with Crippen molar-refractivity contribution in [3.8, 4) is 11.5 Å². The number of hydrogen-bond acceptors (Lipinski definition) is 6. The summed E-state index contributed by atoms with van der Waals surface area (Å²) in [6.45, 7) is 6.03. The van der Waals surface area contributed by atoms with Gasteiger partial charge in [0.25, 0.3) is 5.91 Å². The van der Waals surface area contributed by atoms with Crippen LogP contribution in [0.3, 0.4) is 0 Å². The Balaban J connectivity index is 1.86. The molecule has 1 aromatic heterocycles. The predicted molar refractivity (Wildman–Crippen MR) is 134 cm³/mol. The van der Waals surface area contributed by atoms with Crippen molar-refractivity contribution in [2.75, 3.05) is 23.9 Å². The summed E-state index contributed by atoms with van der Waals surface area (Å²) in [6.07, 6.45) is 0. The van der Waals surface area contributed by atoms with E-state index in [1.54, 1.807) is 25.0 Å². The Labute approximate surface area is 203 Å². The van der Waals surface area contributed by atoms with Crippen LogP contribution < -0.4 is 25.0 Å². The third-order valence-electron chi connectivity index (χ3n) is 5.45. The zero-order chi connectivity index (χ0) is 24.2. The molecule has 0 spiro atoms. The van der Waals surface area contributed by atoms with Crippen molar-refractivity contribution in [1.29, 1.82) is 0 Å². The molecule has 0 saturated carbocycles. The number of amides is 1. The molecule has 1 amide bonds. The van der Waals surface area contributed by atoms with Crippen molar-refractivity contribution in [1.82, 2.24) is 10.5 Å². The fourth-order valence-corrected chi connectivity index (χ4v) is 4.34. The van der Waals surface area contributed by atoms with E-state index in [0.29, 0.717) is 46.1 Å². The minimum Gasteiger partial charge on any atom is -0.495 e. The number of hydrogen-bond donors (Lipinski definition) is 2. The number of methoxy groups -OCH3 is 1. The van der Waals surface area contributed by atoms with Crippen LogP contribution in [0, 0.1) is 6.92 Å². The highest BCUT2D eigenvalue weighted by Gasteiger charge is 2.37. The Morgan fingerprint density at radius 3 is 2.56 bits per heavy atom. The maximum absolute atomic E-state index is 13.6. The Morgan fingerprint density at radius 1 is 1.18 bits per heavy atom. The number of carbonyl (C=O) groups is 1. The molecule has 176 valence electrons. The van der Waals surface area contributed by atoms with Gasteiger partial charge < -0.3 is 24.6 Å². The van der Waals surface area contributed by atoms with Crippen LogP contribution in [-0.4, -0.2) is 29.9 Å². The highest BCUT2D eigenvalue weighted by molar-refractivity contribution is 7.80. The first-order chi connectivity index (χ1) is 16.4. The molecule has 9 heteroatoms. The van der Waals surface area contributed by atoms with E-state index in [1.165, 1.54) is 0 Å². The fourth-order valence-electron chi connectivity index (χ4n) is 3.99. The van der Waals surface area contributed by atoms with E-state index < -0.39 is 6.04 Å². The summed E-state index contributed by atoms with van der Waals surface area (Å²) in [5.41, 5.74) is 2.64. The van der Waals surface area contributed by atoms with Gasteiger partial charge in [0, 0.05) is 17.3 Å². The van der Waals surface area contributed by atoms with Gasteiger partial charge in [-0.3, -0.25) is 9.69 Å². The van der Waals surface area contributed by atoms with Crippen molar-refractivity contribution in [3.63, 3.8) is 0 Å². The second-order valence-corrected chi connectivity index (χ2v) is 8.02. The summed E-state index contributed by atoms with van der Waals surface area (Å²) in [6, 6.07) is 16.2. The van der Waals surface area contributed by atoms with Crippen LogP contribution >= 0.6 is 12.2 Å². The van der Waals surface area contributed by atoms with Gasteiger partial charge >= 0.3 is 0 Å². The Bertz CT molecular complexity index is 1250. The number of nitrogens with one attached hydrogen (secondary N) is 2. The molecular weight excluding hydrogens is 452 g/mol. The van der Waals surface area contributed by atoms with E-state index in [9.17, 15) is 4.79 Å². The number of nitrogens with zero attached hydrogens (tertiary/aromatic N) is 2. The summed E-state index contributed by atoms with van der Waals surface area (Å²) in [5.74, 6) is 1.89. The van der Waals surface area contributed by atoms with Crippen LogP contribution in [0.4, 0.5) is 11.5 Å². The number of benzene rings is 2. The summed E-state index contributed by atoms with van der Waals surface area (Å²) < 4.78 is 16.5. The van der Waals surface area contributed by atoms with Crippen LogP contribution in [0.25, 0.3) is 0 Å². The second kappa shape index (κ2) is 9.96. The van der Waals surface area contributed by atoms with E-state index in [0.717, 1.165) is 11.3 Å². The molecule has 1 aliphatic rings. The first-order valence-electron chi connectivity index (χ1n) is 10.8. The average Bonchev–Trinajstić information content (AvgIpc) is 3.23. The zero-order valence-corrected chi connectivity index (χ0v) is 20.2. The Kier molecular flexibility index (Phi) is 6.83. The third kappa shape index (κ3) is 4.47. The molecule has 1 aliphatic heterocycles. The van der Waals surface area contributed by atoms with Gasteiger partial charge in [0.15, 0.2) is 10.9 Å². The number of aryl methyl sites for hydroxylation is 1. The molecule has 3 aromatic rings. The summed E-state index contributed by atoms with van der Waals surface area (Å²) in [5, 5.41) is 10.5. The number of thiocarbonyl (C=S) groups is 1. The monoisotopic (exact) mass is 478 g/mol. The van der Waals surface area contributed by atoms with E-state index in [4.69, 9.17) is 26.2 Å². The van der Waals surface area contributed by atoms with Gasteiger partial charge in [-0.25, -0.2) is 0 Å². The van der Waals surface area contributed by atoms with E-state index in [-0.39, 0.29) is 5.91 Å². The van der Waals surface area contributed by atoms with Crippen LogP contribution in [0.5, 0.6) is 11.5 Å². The Hall–Kier alpha value is -3.85. The SMILES string of the molecule is CCOc1ccccc1C1NC(=S)N(c2ccccc2OC)C(C)=C1C(=O)Nc1cc(C)on1. The summed E-state index contributed by atoms with van der Waals surface area (Å²) >= 11 is 5.78. The second-order valence-electron chi connectivity index (χ2n) is 7.64. The largest absolute Gasteiger partial charge is 0.495 e. The van der Waals surface area contributed by atoms with Gasteiger partial charge in [-0.15, -0.1) is 0 Å². The molecule has 0 radical (unpaired) electrons. The molecule has 1 unspecified atom stereocenters. The van der Waals surface area contributed by atoms with Crippen LogP contribution in [0.2, 0.25) is 0 Å². The van der Waals surface area contributed by atoms with Crippen LogP contribution in [0.1, 0.15) is 31.2 Å². The smallest absolute Gasteiger partial charge is 0.257 e. The molecular formula is C25H26N4O4S. The van der Waals surface area contributed by atoms with Crippen LogP contribution in [-0.2, 0) is 4.79 Å². The lowest BCUT2D eigenvalue weighted by molar-refractivity contribution is -0.113. The molecule has 0 bridgehead atoms. The first kappa shape index (κ1) is 23.3. The quantitative estimate of drug-likeness (QED) is 0.471. The molecule has 2 aromatic carbocycles. The van der Waals surface area contributed by atoms with Gasteiger partial charge in [-0.1, -0.05) is 35.5 Å². The van der Waals surface area contributed by atoms with Crippen molar-refractivity contribution in [2.45, 2.75) is 26.8 Å². The lowest BCUT2D eigenvalue weighted by Gasteiger charge is -2.38. The standard InChI is InChI=1S/C25H26N4O4S/c1-5-32-19-12-8-6-10-17(19)23-22(24(30)26-21-14-15(2)33-28-21)16(3)29(25(34)27-23)18-11-7-9-13-20(18)31-4/h6-14,23H,5H2,1-4H3,(H,27,34)(H,26,28,30). The number of allylic oxidation sites excluding steroid dienone is 1. The molecule has 0 fully saturated rings. The van der Waals surface area contributed by atoms with Crippen molar-refractivity contribution in [3.05, 3.63) is 77.2 Å². The zero-order valence-electron chi connectivity index (χ0n) is 19.4. The maximum atomic E-state index is 13.6. The van der Waals surface area contributed by atoms with Gasteiger partial charge in [0.2, 0.25) is 0 Å². The van der Waals surface area contributed by atoms with E-state index in [2.05, 4.69) is 15.8 Å². The molecule has 2 N–H and O–H groups in total. The first-order valence-corrected chi connectivity index (χ1v) is 11.3. The fraction of sp³-hybridized carbons (Fsp3) is 0.240. The minimum atomic E-state index is -0.547. The minimum absolute atomic E-state index is 0.330. The molecule has 8 nitrogen and oxygen atoms in total. The predicted octanol–water partition coefficient (Wildman–Crippen LogP) is 4.74. The average molecular weight is 479 g/mol. The Morgan fingerprint density at radius 2 is 1.88 bits per heavy atom. The molecule has 4 rings (SSSR count). The number of anilines is 2. The van der Waals surface area contributed by atoms with Gasteiger partial charge in [-0.05, 0) is 51.2 Å². The van der Waals surface area contributed by atoms with E-state index >= 15 is 0 Å². The normalized spacial score (nSPS) is 15.7. The molecule has 1 atom stereocenters. The summed E-state index contributed by atoms with van der Waals surface area (Å²) in [4.78, 5) is 15.4. The lowest BCUT2D eigenvalue weighted by Crippen LogP contribution is -2.48. The third-order valence-corrected chi connectivity index (χ3v) is 5.76. The topological polar surface area (TPSA) is 88.9 Å². The maximum Gasteiger partial charge on any atom is 0.257 e. The number of ether oxygens (including phenoxy) is 2. The number of para-hydroxylation sites is 3. The molecule has 0 saturated heterocycles. The molecule has 34 heavy (non-hydrogen) atoms. The number of carbonyl (C=O) groups excluding carboxylic acids is 1. The van der Waals surface area contributed by atoms with Gasteiger partial charge in [-0.2, -0.15) is 0 Å². The van der Waals surface area contributed by atoms with Crippen molar-refractivity contribution < 1.29 is 18.8 Å². The van der Waals surface area contributed by atoms with Crippen molar-refractivity contribution >= 4 is 34.7 Å². The van der Waals surface area contributed by atoms with Gasteiger partial charge in [0.1, 0.15) is 17.3 Å². The number of aromatic nitrogens is 1. The highest BCUT2D eigenvalue weighted by atomic mass is 32.1. The van der Waals surface area contributed by atoms with E-state index in [1.807, 2.05) is 62.4 Å². The van der Waals surface area contributed by atoms with Gasteiger partial charge in [0.05, 0.1) is 31.0 Å². The summed E-state index contributed by atoms with van der Waals surface area (Å²) in [7, 11) is 1.60. The lowest BCUT2D eigenvalue weighted by atomic mass is 9.93. The molecule has 2 heterocycles. The number of rotatable bonds is 7. The highest BCUT2D eigenvalue weighted by Crippen LogP contribution is 2.40. The van der Waals surface area contributed by atoms with Crippen molar-refractivity contribution in [2.24, 2.45) is 0 Å².